The first-order valence-electron chi connectivity index (χ1n) is 8.26. The average Bonchev–Trinajstić information content (AvgIpc) is 2.61. The third-order valence-corrected chi connectivity index (χ3v) is 5.25. The lowest BCUT2D eigenvalue weighted by Crippen LogP contribution is -2.45. The molecule has 0 fully saturated rings. The first-order chi connectivity index (χ1) is 12.7. The van der Waals surface area contributed by atoms with Gasteiger partial charge in [0.1, 0.15) is 17.5 Å². The summed E-state index contributed by atoms with van der Waals surface area (Å²) in [7, 11) is -0.725. The second-order valence-corrected chi connectivity index (χ2v) is 7.99. The van der Waals surface area contributed by atoms with Crippen LogP contribution in [0.5, 0.6) is 11.5 Å². The van der Waals surface area contributed by atoms with Crippen molar-refractivity contribution in [3.8, 4) is 11.5 Å². The summed E-state index contributed by atoms with van der Waals surface area (Å²) >= 11 is 0. The molecule has 8 heteroatoms. The van der Waals surface area contributed by atoms with E-state index in [0.717, 1.165) is 16.1 Å². The molecule has 0 saturated heterocycles. The van der Waals surface area contributed by atoms with Gasteiger partial charge in [-0.3, -0.25) is 9.10 Å². The fraction of sp³-hybridized carbons (Fsp3) is 0.316. The van der Waals surface area contributed by atoms with Gasteiger partial charge < -0.3 is 14.8 Å². The Morgan fingerprint density at radius 1 is 1.11 bits per heavy atom. The molecule has 0 aliphatic rings. The highest BCUT2D eigenvalue weighted by atomic mass is 32.2. The molecule has 1 atom stereocenters. The van der Waals surface area contributed by atoms with Gasteiger partial charge in [-0.2, -0.15) is 0 Å². The number of methoxy groups -OCH3 is 2. The minimum Gasteiger partial charge on any atom is -0.497 e. The quantitative estimate of drug-likeness (QED) is 0.783. The van der Waals surface area contributed by atoms with E-state index in [2.05, 4.69) is 5.32 Å². The summed E-state index contributed by atoms with van der Waals surface area (Å²) in [5, 5.41) is 2.75. The maximum absolute atomic E-state index is 12.8. The molecule has 0 aromatic heterocycles. The number of benzene rings is 2. The first kappa shape index (κ1) is 20.6. The monoisotopic (exact) mass is 392 g/mol. The van der Waals surface area contributed by atoms with Gasteiger partial charge in [0, 0.05) is 6.07 Å². The Morgan fingerprint density at radius 2 is 1.81 bits per heavy atom. The summed E-state index contributed by atoms with van der Waals surface area (Å²) in [6, 6.07) is 10.9. The largest absolute Gasteiger partial charge is 0.497 e. The SMILES string of the molecule is COc1cccc(N([C@H](C)C(=O)Nc2cc(C)ccc2OC)S(C)(=O)=O)c1. The number of carbonyl (C=O) groups is 1. The van der Waals surface area contributed by atoms with Crippen LogP contribution >= 0.6 is 0 Å². The van der Waals surface area contributed by atoms with Crippen LogP contribution in [0, 0.1) is 6.92 Å². The van der Waals surface area contributed by atoms with E-state index in [0.29, 0.717) is 22.9 Å². The molecule has 7 nitrogen and oxygen atoms in total. The predicted molar refractivity (Wildman–Crippen MR) is 106 cm³/mol. The third kappa shape index (κ3) is 4.91. The standard InChI is InChI=1S/C19H24N2O5S/c1-13-9-10-18(26-4)17(11-13)20-19(22)14(2)21(27(5,23)24)15-7-6-8-16(12-15)25-3/h6-12,14H,1-5H3,(H,20,22)/t14-/m1/s1. The molecule has 0 bridgehead atoms. The smallest absolute Gasteiger partial charge is 0.248 e. The van der Waals surface area contributed by atoms with Crippen molar-refractivity contribution < 1.29 is 22.7 Å². The number of carbonyl (C=O) groups excluding carboxylic acids is 1. The van der Waals surface area contributed by atoms with Gasteiger partial charge in [0.25, 0.3) is 0 Å². The van der Waals surface area contributed by atoms with Gasteiger partial charge in [0.15, 0.2) is 0 Å². The van der Waals surface area contributed by atoms with Gasteiger partial charge in [-0.1, -0.05) is 12.1 Å². The summed E-state index contributed by atoms with van der Waals surface area (Å²) in [5.74, 6) is 0.509. The Labute approximate surface area is 160 Å². The van der Waals surface area contributed by atoms with E-state index in [4.69, 9.17) is 9.47 Å². The minimum absolute atomic E-state index is 0.343. The van der Waals surface area contributed by atoms with Crippen molar-refractivity contribution in [2.45, 2.75) is 19.9 Å². The number of amides is 1. The summed E-state index contributed by atoms with van der Waals surface area (Å²) in [6.07, 6.45) is 1.06. The average molecular weight is 392 g/mol. The van der Waals surface area contributed by atoms with Crippen LogP contribution in [0.15, 0.2) is 42.5 Å². The number of nitrogens with one attached hydrogen (secondary N) is 1. The zero-order chi connectivity index (χ0) is 20.2. The van der Waals surface area contributed by atoms with Crippen LogP contribution in [0.4, 0.5) is 11.4 Å². The molecule has 0 spiro atoms. The van der Waals surface area contributed by atoms with Gasteiger partial charge in [-0.25, -0.2) is 8.42 Å². The molecule has 0 heterocycles. The van der Waals surface area contributed by atoms with Crippen molar-refractivity contribution in [3.05, 3.63) is 48.0 Å². The van der Waals surface area contributed by atoms with E-state index < -0.39 is 22.0 Å². The summed E-state index contributed by atoms with van der Waals surface area (Å²) < 4.78 is 36.3. The van der Waals surface area contributed by atoms with E-state index in [-0.39, 0.29) is 0 Å². The highest BCUT2D eigenvalue weighted by molar-refractivity contribution is 7.92. The van der Waals surface area contributed by atoms with Crippen LogP contribution in [-0.2, 0) is 14.8 Å². The Balaban J connectivity index is 2.37. The Kier molecular flexibility index (Phi) is 6.32. The molecule has 2 aromatic rings. The van der Waals surface area contributed by atoms with Crippen molar-refractivity contribution >= 4 is 27.3 Å². The number of aryl methyl sites for hydroxylation is 1. The van der Waals surface area contributed by atoms with Crippen LogP contribution in [0.25, 0.3) is 0 Å². The lowest BCUT2D eigenvalue weighted by molar-refractivity contribution is -0.116. The van der Waals surface area contributed by atoms with Gasteiger partial charge >= 0.3 is 0 Å². The van der Waals surface area contributed by atoms with E-state index >= 15 is 0 Å². The first-order valence-corrected chi connectivity index (χ1v) is 10.1. The number of anilines is 2. The molecule has 0 aliphatic heterocycles. The number of sulfonamides is 1. The van der Waals surface area contributed by atoms with Gasteiger partial charge in [-0.15, -0.1) is 0 Å². The van der Waals surface area contributed by atoms with E-state index in [9.17, 15) is 13.2 Å². The van der Waals surface area contributed by atoms with Crippen LogP contribution < -0.4 is 19.1 Å². The van der Waals surface area contributed by atoms with Crippen molar-refractivity contribution in [2.24, 2.45) is 0 Å². The number of rotatable bonds is 7. The van der Waals surface area contributed by atoms with Crippen molar-refractivity contribution in [1.29, 1.82) is 0 Å². The van der Waals surface area contributed by atoms with E-state index in [1.807, 2.05) is 13.0 Å². The lowest BCUT2D eigenvalue weighted by atomic mass is 10.2. The Morgan fingerprint density at radius 3 is 2.41 bits per heavy atom. The van der Waals surface area contributed by atoms with Crippen molar-refractivity contribution in [3.63, 3.8) is 0 Å². The van der Waals surface area contributed by atoms with Crippen LogP contribution in [0.2, 0.25) is 0 Å². The topological polar surface area (TPSA) is 84.9 Å². The highest BCUT2D eigenvalue weighted by Gasteiger charge is 2.29. The van der Waals surface area contributed by atoms with Crippen LogP contribution in [0.1, 0.15) is 12.5 Å². The minimum atomic E-state index is -3.72. The maximum atomic E-state index is 12.8. The lowest BCUT2D eigenvalue weighted by Gasteiger charge is -2.28. The molecule has 27 heavy (non-hydrogen) atoms. The Bertz CT molecular complexity index is 927. The maximum Gasteiger partial charge on any atom is 0.248 e. The Hall–Kier alpha value is -2.74. The zero-order valence-electron chi connectivity index (χ0n) is 16.0. The van der Waals surface area contributed by atoms with Gasteiger partial charge in [0.05, 0.1) is 31.9 Å². The normalized spacial score (nSPS) is 12.2. The third-order valence-electron chi connectivity index (χ3n) is 4.01. The molecule has 0 saturated carbocycles. The van der Waals surface area contributed by atoms with E-state index in [1.54, 1.807) is 36.4 Å². The molecule has 0 unspecified atom stereocenters. The number of hydrogen-bond donors (Lipinski definition) is 1. The number of nitrogens with zero attached hydrogens (tertiary/aromatic N) is 1. The van der Waals surface area contributed by atoms with Crippen molar-refractivity contribution in [1.82, 2.24) is 0 Å². The van der Waals surface area contributed by atoms with Crippen molar-refractivity contribution in [2.75, 3.05) is 30.1 Å². The number of hydrogen-bond acceptors (Lipinski definition) is 5. The van der Waals surface area contributed by atoms with E-state index in [1.165, 1.54) is 21.1 Å². The molecule has 0 radical (unpaired) electrons. The fourth-order valence-corrected chi connectivity index (χ4v) is 3.88. The summed E-state index contributed by atoms with van der Waals surface area (Å²) in [5.41, 5.74) is 1.76. The molecule has 1 N–H and O–H groups in total. The highest BCUT2D eigenvalue weighted by Crippen LogP contribution is 2.28. The molecular weight excluding hydrogens is 368 g/mol. The second kappa shape index (κ2) is 8.30. The molecule has 2 aromatic carbocycles. The predicted octanol–water partition coefficient (Wildman–Crippen LogP) is 2.81. The van der Waals surface area contributed by atoms with Gasteiger partial charge in [-0.05, 0) is 43.7 Å². The summed E-state index contributed by atoms with van der Waals surface area (Å²) in [4.78, 5) is 12.8. The zero-order valence-corrected chi connectivity index (χ0v) is 16.8. The number of ether oxygens (including phenoxy) is 2. The second-order valence-electron chi connectivity index (χ2n) is 6.13. The summed E-state index contributed by atoms with van der Waals surface area (Å²) in [6.45, 7) is 3.41. The van der Waals surface area contributed by atoms with Crippen LogP contribution in [0.3, 0.4) is 0 Å². The molecule has 1 amide bonds. The molecule has 146 valence electrons. The fourth-order valence-electron chi connectivity index (χ4n) is 2.71. The molecular formula is C19H24N2O5S. The molecule has 0 aliphatic carbocycles. The van der Waals surface area contributed by atoms with Crippen LogP contribution in [-0.4, -0.2) is 40.8 Å². The molecule has 2 rings (SSSR count). The van der Waals surface area contributed by atoms with Gasteiger partial charge in [0.2, 0.25) is 15.9 Å².